The number of benzene rings is 4. The Labute approximate surface area is 219 Å². The molecule has 0 N–H and O–H groups in total. The maximum Gasteiger partial charge on any atom is 0.239 e. The number of carbonyl (C=O) groups is 3. The fraction of sp³-hybridized carbons (Fsp3) is 0.156. The van der Waals surface area contributed by atoms with E-state index in [0.717, 1.165) is 27.9 Å². The highest BCUT2D eigenvalue weighted by atomic mass is 16.2. The van der Waals surface area contributed by atoms with E-state index in [1.54, 1.807) is 31.2 Å². The van der Waals surface area contributed by atoms with Crippen molar-refractivity contribution in [2.24, 2.45) is 22.1 Å². The van der Waals surface area contributed by atoms with E-state index in [1.165, 1.54) is 4.90 Å². The molecule has 184 valence electrons. The first-order valence-electron chi connectivity index (χ1n) is 12.7. The van der Waals surface area contributed by atoms with Crippen molar-refractivity contribution in [1.29, 1.82) is 0 Å². The first-order valence-corrected chi connectivity index (χ1v) is 12.7. The normalized spacial score (nSPS) is 24.9. The summed E-state index contributed by atoms with van der Waals surface area (Å²) < 4.78 is 0. The average molecular weight is 498 g/mol. The van der Waals surface area contributed by atoms with Crippen molar-refractivity contribution >= 4 is 34.7 Å². The molecule has 6 heteroatoms. The number of anilines is 1. The molecule has 4 aromatic rings. The summed E-state index contributed by atoms with van der Waals surface area (Å²) in [5.41, 5.74) is 4.22. The first kappa shape index (κ1) is 22.5. The summed E-state index contributed by atoms with van der Waals surface area (Å²) in [6, 6.07) is 31.9. The number of azo groups is 1. The van der Waals surface area contributed by atoms with Crippen LogP contribution < -0.4 is 4.90 Å². The summed E-state index contributed by atoms with van der Waals surface area (Å²) in [6.07, 6.45) is 0. The van der Waals surface area contributed by atoms with Crippen LogP contribution in [-0.4, -0.2) is 17.6 Å². The molecule has 0 aromatic heterocycles. The molecule has 0 spiro atoms. The summed E-state index contributed by atoms with van der Waals surface area (Å²) in [5.74, 6) is -2.44. The van der Waals surface area contributed by atoms with Crippen LogP contribution in [0.2, 0.25) is 0 Å². The van der Waals surface area contributed by atoms with Gasteiger partial charge in [0.05, 0.1) is 34.3 Å². The Morgan fingerprint density at radius 1 is 0.684 bits per heavy atom. The van der Waals surface area contributed by atoms with Crippen LogP contribution in [0.3, 0.4) is 0 Å². The molecule has 6 nitrogen and oxygen atoms in total. The van der Waals surface area contributed by atoms with Crippen molar-refractivity contribution in [3.05, 3.63) is 125 Å². The molecule has 1 fully saturated rings. The highest BCUT2D eigenvalue weighted by molar-refractivity contribution is 6.25. The van der Waals surface area contributed by atoms with Gasteiger partial charge in [-0.1, -0.05) is 66.7 Å². The monoisotopic (exact) mass is 497 g/mol. The minimum atomic E-state index is -1.20. The van der Waals surface area contributed by atoms with Crippen LogP contribution in [0.5, 0.6) is 0 Å². The third-order valence-corrected chi connectivity index (χ3v) is 8.32. The van der Waals surface area contributed by atoms with E-state index in [1.807, 2.05) is 78.9 Å². The predicted molar refractivity (Wildman–Crippen MR) is 143 cm³/mol. The summed E-state index contributed by atoms with van der Waals surface area (Å²) in [5, 5.41) is 8.50. The minimum absolute atomic E-state index is 0.120. The maximum absolute atomic E-state index is 14.2. The molecule has 2 atom stereocenters. The van der Waals surface area contributed by atoms with Gasteiger partial charge in [-0.25, -0.2) is 4.90 Å². The lowest BCUT2D eigenvalue weighted by atomic mass is 9.46. The first-order chi connectivity index (χ1) is 18.5. The highest BCUT2D eigenvalue weighted by Gasteiger charge is 2.69. The topological polar surface area (TPSA) is 79.2 Å². The van der Waals surface area contributed by atoms with Gasteiger partial charge in [-0.05, 0) is 65.6 Å². The van der Waals surface area contributed by atoms with Crippen LogP contribution in [0.15, 0.2) is 113 Å². The van der Waals surface area contributed by atoms with Gasteiger partial charge in [0.15, 0.2) is 0 Å². The van der Waals surface area contributed by atoms with E-state index in [2.05, 4.69) is 10.2 Å². The number of imide groups is 1. The van der Waals surface area contributed by atoms with Gasteiger partial charge in [-0.3, -0.25) is 14.4 Å². The summed E-state index contributed by atoms with van der Waals surface area (Å²) in [4.78, 5) is 43.2. The van der Waals surface area contributed by atoms with Crippen LogP contribution in [0.4, 0.5) is 17.1 Å². The van der Waals surface area contributed by atoms with Gasteiger partial charge in [0, 0.05) is 5.92 Å². The number of nitrogens with zero attached hydrogens (tertiary/aromatic N) is 3. The van der Waals surface area contributed by atoms with Crippen LogP contribution in [-0.2, 0) is 19.8 Å². The Hall–Kier alpha value is -4.71. The Kier molecular flexibility index (Phi) is 4.82. The minimum Gasteiger partial charge on any atom is -0.299 e. The third-order valence-electron chi connectivity index (χ3n) is 8.32. The van der Waals surface area contributed by atoms with Crippen LogP contribution in [0.25, 0.3) is 0 Å². The van der Waals surface area contributed by atoms with Crippen molar-refractivity contribution in [2.45, 2.75) is 18.3 Å². The zero-order valence-electron chi connectivity index (χ0n) is 20.6. The van der Waals surface area contributed by atoms with E-state index in [-0.39, 0.29) is 23.5 Å². The molecule has 2 amide bonds. The Morgan fingerprint density at radius 2 is 1.21 bits per heavy atom. The average Bonchev–Trinajstić information content (AvgIpc) is 3.23. The summed E-state index contributed by atoms with van der Waals surface area (Å²) in [6.45, 7) is 1.54. The second-order valence-corrected chi connectivity index (χ2v) is 10.1. The number of ketones is 1. The Bertz CT molecular complexity index is 1610. The van der Waals surface area contributed by atoms with Crippen LogP contribution >= 0.6 is 0 Å². The smallest absolute Gasteiger partial charge is 0.239 e. The zero-order chi connectivity index (χ0) is 26.0. The number of hydrogen-bond donors (Lipinski definition) is 0. The van der Waals surface area contributed by atoms with Gasteiger partial charge in [-0.15, -0.1) is 0 Å². The van der Waals surface area contributed by atoms with Crippen molar-refractivity contribution < 1.29 is 14.4 Å². The molecule has 0 radical (unpaired) electrons. The lowest BCUT2D eigenvalue weighted by Gasteiger charge is -2.52. The van der Waals surface area contributed by atoms with Crippen molar-refractivity contribution in [1.82, 2.24) is 0 Å². The lowest BCUT2D eigenvalue weighted by Crippen LogP contribution is -2.57. The molecule has 3 aliphatic carbocycles. The standard InChI is InChI=1S/C32H23N3O3/c1-19(36)32-25-13-7-5-11-23(25)27(24-12-6-8-14-26(24)32)28-29(32)31(38)35(30(28)37)22-17-15-21(16-18-22)34-33-20-9-3-2-4-10-20/h2-18,27-29H,1H3/t27?,28-,29+,32?/m0/s1. The molecular weight excluding hydrogens is 474 g/mol. The summed E-state index contributed by atoms with van der Waals surface area (Å²) >= 11 is 0. The SMILES string of the molecule is CC(=O)C12c3ccccc3C(c3ccccc31)[C@@H]1C(=O)N(c3ccc(N=Nc4ccccc4)cc3)C(=O)[C@@H]12. The predicted octanol–water partition coefficient (Wildman–Crippen LogP) is 6.24. The van der Waals surface area contributed by atoms with E-state index >= 15 is 0 Å². The molecule has 2 bridgehead atoms. The van der Waals surface area contributed by atoms with Gasteiger partial charge < -0.3 is 0 Å². The van der Waals surface area contributed by atoms with E-state index in [0.29, 0.717) is 11.4 Å². The fourth-order valence-electron chi connectivity index (χ4n) is 6.90. The molecule has 8 rings (SSSR count). The molecule has 1 heterocycles. The Balaban J connectivity index is 1.33. The molecule has 1 aliphatic heterocycles. The number of hydrogen-bond acceptors (Lipinski definition) is 5. The Morgan fingerprint density at radius 3 is 1.79 bits per heavy atom. The molecule has 1 saturated heterocycles. The second-order valence-electron chi connectivity index (χ2n) is 10.1. The van der Waals surface area contributed by atoms with Gasteiger partial charge in [0.1, 0.15) is 5.78 Å². The highest BCUT2D eigenvalue weighted by Crippen LogP contribution is 2.64. The number of Topliss-reactive ketones (excluding diaryl/α,β-unsaturated/α-hetero) is 1. The quantitative estimate of drug-likeness (QED) is 0.247. The fourth-order valence-corrected chi connectivity index (χ4v) is 6.90. The van der Waals surface area contributed by atoms with Gasteiger partial charge >= 0.3 is 0 Å². The molecule has 38 heavy (non-hydrogen) atoms. The zero-order valence-corrected chi connectivity index (χ0v) is 20.6. The van der Waals surface area contributed by atoms with E-state index < -0.39 is 17.3 Å². The van der Waals surface area contributed by atoms with Crippen molar-refractivity contribution in [3.63, 3.8) is 0 Å². The summed E-state index contributed by atoms with van der Waals surface area (Å²) in [7, 11) is 0. The van der Waals surface area contributed by atoms with Gasteiger partial charge in [0.25, 0.3) is 0 Å². The molecule has 4 aliphatic rings. The largest absolute Gasteiger partial charge is 0.299 e. The van der Waals surface area contributed by atoms with Gasteiger partial charge in [-0.2, -0.15) is 10.2 Å². The van der Waals surface area contributed by atoms with E-state index in [9.17, 15) is 14.4 Å². The number of rotatable bonds is 4. The van der Waals surface area contributed by atoms with Crippen LogP contribution in [0, 0.1) is 11.8 Å². The molecular formula is C32H23N3O3. The third kappa shape index (κ3) is 2.85. The lowest BCUT2D eigenvalue weighted by molar-refractivity contribution is -0.132. The van der Waals surface area contributed by atoms with Crippen molar-refractivity contribution in [3.8, 4) is 0 Å². The molecule has 0 unspecified atom stereocenters. The molecule has 0 saturated carbocycles. The van der Waals surface area contributed by atoms with Crippen LogP contribution in [0.1, 0.15) is 35.1 Å². The molecule has 4 aromatic carbocycles. The van der Waals surface area contributed by atoms with Crippen molar-refractivity contribution in [2.75, 3.05) is 4.90 Å². The number of carbonyl (C=O) groups excluding carboxylic acids is 3. The van der Waals surface area contributed by atoms with Gasteiger partial charge in [0.2, 0.25) is 11.8 Å². The second kappa shape index (κ2) is 8.15. The van der Waals surface area contributed by atoms with E-state index in [4.69, 9.17) is 0 Å². The number of amides is 2. The maximum atomic E-state index is 14.2.